The first-order chi connectivity index (χ1) is 7.62. The van der Waals surface area contributed by atoms with Gasteiger partial charge < -0.3 is 21.3 Å². The van der Waals surface area contributed by atoms with E-state index < -0.39 is 5.69 Å². The second-order valence-corrected chi connectivity index (χ2v) is 10.4. The molecule has 2 atom stereocenters. The van der Waals surface area contributed by atoms with Crippen LogP contribution in [0.15, 0.2) is 0 Å². The Kier molecular flexibility index (Phi) is 12.5. The maximum absolute atomic E-state index is 5.72. The van der Waals surface area contributed by atoms with Crippen LogP contribution >= 0.6 is 5.69 Å². The van der Waals surface area contributed by atoms with Gasteiger partial charge in [-0.2, -0.15) is 0 Å². The molecule has 6 heteroatoms. The Morgan fingerprint density at radius 1 is 0.889 bits per heavy atom. The Morgan fingerprint density at radius 2 is 1.17 bits per heavy atom. The molecule has 0 aromatic carbocycles. The fourth-order valence-electron chi connectivity index (χ4n) is 1.88. The fraction of sp³-hybridized carbons (Fsp3) is 1.00. The van der Waals surface area contributed by atoms with Gasteiger partial charge in [0.05, 0.1) is 17.9 Å². The molecule has 0 aliphatic rings. The third kappa shape index (κ3) is 12.6. The van der Waals surface area contributed by atoms with Crippen LogP contribution in [0, 0.1) is 11.8 Å². The zero-order chi connectivity index (χ0) is 13.6. The van der Waals surface area contributed by atoms with Gasteiger partial charge in [-0.05, 0) is 38.5 Å². The van der Waals surface area contributed by atoms with E-state index in [-0.39, 0.29) is 31.7 Å². The van der Waals surface area contributed by atoms with Crippen LogP contribution in [0.3, 0.4) is 0 Å². The van der Waals surface area contributed by atoms with Crippen molar-refractivity contribution < 1.29 is 28.5 Å². The van der Waals surface area contributed by atoms with Crippen LogP contribution in [0.5, 0.6) is 0 Å². The van der Waals surface area contributed by atoms with E-state index in [4.69, 9.17) is 33.1 Å². The SMILES string of the molecule is CC(C)CC(C)OP(=S)([S-])OC(C)CC(C)C.[Zn]. The second-order valence-electron chi connectivity index (χ2n) is 5.54. The van der Waals surface area contributed by atoms with E-state index in [0.29, 0.717) is 11.8 Å². The Bertz CT molecular complexity index is 240. The normalized spacial score (nSPS) is 18.3. The third-order valence-electron chi connectivity index (χ3n) is 2.22. The van der Waals surface area contributed by atoms with Crippen LogP contribution in [0.1, 0.15) is 54.4 Å². The number of rotatable bonds is 8. The smallest absolute Gasteiger partial charge is 0.0606 e. The fourth-order valence-corrected chi connectivity index (χ4v) is 4.75. The molecule has 0 N–H and O–H groups in total. The predicted molar refractivity (Wildman–Crippen MR) is 81.7 cm³/mol. The van der Waals surface area contributed by atoms with Crippen molar-refractivity contribution in [2.45, 2.75) is 66.6 Å². The van der Waals surface area contributed by atoms with E-state index >= 15 is 0 Å². The summed E-state index contributed by atoms with van der Waals surface area (Å²) in [5.74, 6) is 1.17. The molecular formula is C12H26O2PS2Zn-. The molecule has 2 unspecified atom stereocenters. The largest absolute Gasteiger partial charge is 0.691 e. The number of hydrogen-bond donors (Lipinski definition) is 0. The summed E-state index contributed by atoms with van der Waals surface area (Å²) in [4.78, 5) is 0. The summed E-state index contributed by atoms with van der Waals surface area (Å²) in [6.07, 6.45) is 2.11. The van der Waals surface area contributed by atoms with Gasteiger partial charge in [-0.1, -0.05) is 39.5 Å². The van der Waals surface area contributed by atoms with E-state index in [2.05, 4.69) is 27.7 Å². The molecule has 0 aliphatic heterocycles. The van der Waals surface area contributed by atoms with Crippen LogP contribution in [-0.2, 0) is 52.6 Å². The van der Waals surface area contributed by atoms with Gasteiger partial charge >= 0.3 is 0 Å². The van der Waals surface area contributed by atoms with Gasteiger partial charge in [0.2, 0.25) is 0 Å². The Balaban J connectivity index is 0. The van der Waals surface area contributed by atoms with E-state index in [9.17, 15) is 0 Å². The van der Waals surface area contributed by atoms with Gasteiger partial charge in [-0.3, -0.25) is 0 Å². The van der Waals surface area contributed by atoms with E-state index in [1.165, 1.54) is 0 Å². The van der Waals surface area contributed by atoms with Crippen LogP contribution < -0.4 is 0 Å². The van der Waals surface area contributed by atoms with Gasteiger partial charge in [-0.15, -0.1) is 0 Å². The molecule has 0 spiro atoms. The van der Waals surface area contributed by atoms with Crippen molar-refractivity contribution >= 4 is 29.7 Å². The minimum atomic E-state index is -2.50. The van der Waals surface area contributed by atoms with Crippen molar-refractivity contribution in [1.29, 1.82) is 0 Å². The molecule has 0 fully saturated rings. The molecule has 2 nitrogen and oxygen atoms in total. The van der Waals surface area contributed by atoms with Gasteiger partial charge in [0.15, 0.2) is 0 Å². The van der Waals surface area contributed by atoms with Crippen molar-refractivity contribution in [2.24, 2.45) is 11.8 Å². The van der Waals surface area contributed by atoms with Crippen molar-refractivity contribution in [2.75, 3.05) is 0 Å². The average Bonchev–Trinajstić information content (AvgIpc) is 1.95. The summed E-state index contributed by atoms with van der Waals surface area (Å²) in [7, 11) is 0. The maximum Gasteiger partial charge on any atom is 0.0606 e. The minimum absolute atomic E-state index is 0. The predicted octanol–water partition coefficient (Wildman–Crippen LogP) is 4.66. The maximum atomic E-state index is 5.72. The van der Waals surface area contributed by atoms with Gasteiger partial charge in [0.25, 0.3) is 0 Å². The van der Waals surface area contributed by atoms with Crippen molar-refractivity contribution in [3.63, 3.8) is 0 Å². The molecule has 18 heavy (non-hydrogen) atoms. The molecule has 0 rings (SSSR count). The molecule has 0 aliphatic carbocycles. The molecule has 0 amide bonds. The Morgan fingerprint density at radius 3 is 1.39 bits per heavy atom. The summed E-state index contributed by atoms with van der Waals surface area (Å²) < 4.78 is 11.4. The summed E-state index contributed by atoms with van der Waals surface area (Å²) in [5, 5.41) is 0. The first-order valence-electron chi connectivity index (χ1n) is 6.30. The monoisotopic (exact) mass is 361 g/mol. The van der Waals surface area contributed by atoms with Crippen LogP contribution in [0.2, 0.25) is 0 Å². The standard InChI is InChI=1S/C12H27O2PS2.Zn/c1-9(2)7-11(5)13-15(16,17)14-12(6)8-10(3)4;/h9-12H,7-8H2,1-6H3,(H,16,17);/p-1. The van der Waals surface area contributed by atoms with Gasteiger partial charge in [0.1, 0.15) is 0 Å². The summed E-state index contributed by atoms with van der Waals surface area (Å²) in [6, 6.07) is 0. The van der Waals surface area contributed by atoms with Crippen LogP contribution in [0.4, 0.5) is 0 Å². The molecule has 0 saturated carbocycles. The summed E-state index contributed by atoms with van der Waals surface area (Å²) in [6.45, 7) is 12.7. The summed E-state index contributed by atoms with van der Waals surface area (Å²) >= 11 is 10.6. The molecular weight excluding hydrogens is 337 g/mol. The third-order valence-corrected chi connectivity index (χ3v) is 4.49. The molecule has 0 aromatic rings. The molecule has 0 saturated heterocycles. The molecule has 106 valence electrons. The first-order valence-corrected chi connectivity index (χ1v) is 9.95. The Labute approximate surface area is 136 Å². The van der Waals surface area contributed by atoms with Crippen molar-refractivity contribution in [3.8, 4) is 0 Å². The molecule has 0 bridgehead atoms. The molecule has 0 heterocycles. The van der Waals surface area contributed by atoms with Crippen LogP contribution in [0.25, 0.3) is 0 Å². The number of hydrogen-bond acceptors (Lipinski definition) is 4. The zero-order valence-electron chi connectivity index (χ0n) is 12.5. The topological polar surface area (TPSA) is 18.5 Å². The summed E-state index contributed by atoms with van der Waals surface area (Å²) in [5.41, 5.74) is -2.50. The average molecular weight is 363 g/mol. The van der Waals surface area contributed by atoms with Gasteiger partial charge in [0, 0.05) is 19.5 Å². The second kappa shape index (κ2) is 10.3. The first kappa shape index (κ1) is 21.8. The molecule has 0 radical (unpaired) electrons. The minimum Gasteiger partial charge on any atom is -0.691 e. The van der Waals surface area contributed by atoms with E-state index in [0.717, 1.165) is 12.8 Å². The van der Waals surface area contributed by atoms with Crippen molar-refractivity contribution in [3.05, 3.63) is 0 Å². The Hall–Kier alpha value is 1.54. The van der Waals surface area contributed by atoms with E-state index in [1.54, 1.807) is 0 Å². The van der Waals surface area contributed by atoms with Crippen LogP contribution in [-0.4, -0.2) is 12.2 Å². The quantitative estimate of drug-likeness (QED) is 0.355. The van der Waals surface area contributed by atoms with Crippen molar-refractivity contribution in [1.82, 2.24) is 0 Å². The van der Waals surface area contributed by atoms with Gasteiger partial charge in [-0.25, -0.2) is 0 Å². The zero-order valence-corrected chi connectivity index (χ0v) is 18.0. The van der Waals surface area contributed by atoms with E-state index in [1.807, 2.05) is 13.8 Å². The molecule has 0 aromatic heterocycles.